The fourth-order valence-corrected chi connectivity index (χ4v) is 3.18. The normalized spacial score (nSPS) is 15.4. The van der Waals surface area contributed by atoms with E-state index >= 15 is 0 Å². The van der Waals surface area contributed by atoms with Crippen LogP contribution in [0.15, 0.2) is 42.5 Å². The highest BCUT2D eigenvalue weighted by molar-refractivity contribution is 6.22. The second-order valence-corrected chi connectivity index (χ2v) is 5.54. The van der Waals surface area contributed by atoms with Crippen molar-refractivity contribution in [2.24, 2.45) is 0 Å². The van der Waals surface area contributed by atoms with Gasteiger partial charge < -0.3 is 0 Å². The van der Waals surface area contributed by atoms with Crippen LogP contribution in [0.3, 0.4) is 0 Å². The molecule has 0 radical (unpaired) electrons. The number of benzene rings is 2. The van der Waals surface area contributed by atoms with Crippen molar-refractivity contribution in [1.82, 2.24) is 0 Å². The molecule has 0 saturated carbocycles. The van der Waals surface area contributed by atoms with Crippen molar-refractivity contribution in [1.29, 1.82) is 0 Å². The molecular formula is C17H17Cl. The predicted molar refractivity (Wildman–Crippen MR) is 77.3 cm³/mol. The van der Waals surface area contributed by atoms with Crippen LogP contribution in [0.25, 0.3) is 0 Å². The molecule has 92 valence electrons. The molecule has 0 fully saturated rings. The summed E-state index contributed by atoms with van der Waals surface area (Å²) in [5, 5.41) is -0.0305. The van der Waals surface area contributed by atoms with Gasteiger partial charge in [0, 0.05) is 0 Å². The van der Waals surface area contributed by atoms with Gasteiger partial charge in [-0.2, -0.15) is 0 Å². The van der Waals surface area contributed by atoms with Crippen LogP contribution < -0.4 is 0 Å². The molecular weight excluding hydrogens is 240 g/mol. The second kappa shape index (κ2) is 4.78. The van der Waals surface area contributed by atoms with Crippen LogP contribution in [0.5, 0.6) is 0 Å². The first kappa shape index (κ1) is 11.8. The first-order chi connectivity index (χ1) is 8.75. The van der Waals surface area contributed by atoms with E-state index in [1.165, 1.54) is 47.1 Å². The summed E-state index contributed by atoms with van der Waals surface area (Å²) in [7, 11) is 0. The van der Waals surface area contributed by atoms with E-state index in [0.717, 1.165) is 0 Å². The summed E-state index contributed by atoms with van der Waals surface area (Å²) in [6.45, 7) is 2.12. The van der Waals surface area contributed by atoms with Crippen molar-refractivity contribution >= 4 is 11.6 Å². The lowest BCUT2D eigenvalue weighted by Crippen LogP contribution is -1.97. The Hall–Kier alpha value is -1.27. The smallest absolute Gasteiger partial charge is 0.0838 e. The Morgan fingerprint density at radius 2 is 1.78 bits per heavy atom. The van der Waals surface area contributed by atoms with Gasteiger partial charge in [-0.1, -0.05) is 42.5 Å². The average molecular weight is 257 g/mol. The van der Waals surface area contributed by atoms with Gasteiger partial charge in [0.15, 0.2) is 0 Å². The lowest BCUT2D eigenvalue weighted by Gasteiger charge is -2.14. The number of rotatable bonds is 2. The van der Waals surface area contributed by atoms with Gasteiger partial charge in [0.2, 0.25) is 0 Å². The van der Waals surface area contributed by atoms with Crippen molar-refractivity contribution in [2.75, 3.05) is 0 Å². The first-order valence-electron chi connectivity index (χ1n) is 6.57. The van der Waals surface area contributed by atoms with Crippen LogP contribution in [-0.2, 0) is 12.8 Å². The van der Waals surface area contributed by atoms with Gasteiger partial charge in [-0.25, -0.2) is 0 Å². The number of aryl methyl sites for hydroxylation is 3. The monoisotopic (exact) mass is 256 g/mol. The summed E-state index contributed by atoms with van der Waals surface area (Å²) in [4.78, 5) is 0. The van der Waals surface area contributed by atoms with E-state index in [1.54, 1.807) is 0 Å². The second-order valence-electron chi connectivity index (χ2n) is 5.10. The van der Waals surface area contributed by atoms with Crippen molar-refractivity contribution in [3.8, 4) is 0 Å². The minimum atomic E-state index is -0.0305. The van der Waals surface area contributed by atoms with Crippen LogP contribution in [0.1, 0.15) is 39.6 Å². The Morgan fingerprint density at radius 1 is 1.00 bits per heavy atom. The molecule has 0 heterocycles. The molecule has 2 aromatic rings. The molecule has 1 aliphatic carbocycles. The molecule has 0 nitrogen and oxygen atoms in total. The van der Waals surface area contributed by atoms with E-state index in [2.05, 4.69) is 49.4 Å². The molecule has 1 heteroatoms. The van der Waals surface area contributed by atoms with Gasteiger partial charge in [-0.05, 0) is 54.0 Å². The number of alkyl halides is 1. The first-order valence-corrected chi connectivity index (χ1v) is 7.00. The van der Waals surface area contributed by atoms with Crippen molar-refractivity contribution in [3.63, 3.8) is 0 Å². The van der Waals surface area contributed by atoms with Gasteiger partial charge in [0.05, 0.1) is 5.38 Å². The third-order valence-corrected chi connectivity index (χ3v) is 4.36. The number of hydrogen-bond donors (Lipinski definition) is 0. The summed E-state index contributed by atoms with van der Waals surface area (Å²) in [6, 6.07) is 15.1. The molecule has 2 aromatic carbocycles. The standard InChI is InChI=1S/C17H17Cl/c1-12-5-2-3-8-16(12)17(18)15-10-9-13-6-4-7-14(13)11-15/h2-3,5,8-11,17H,4,6-7H2,1H3. The molecule has 1 unspecified atom stereocenters. The van der Waals surface area contributed by atoms with E-state index in [1.807, 2.05) is 0 Å². The maximum Gasteiger partial charge on any atom is 0.0838 e. The van der Waals surface area contributed by atoms with Crippen LogP contribution in [0.2, 0.25) is 0 Å². The van der Waals surface area contributed by atoms with E-state index in [4.69, 9.17) is 11.6 Å². The quantitative estimate of drug-likeness (QED) is 0.677. The lowest BCUT2D eigenvalue weighted by atomic mass is 9.97. The zero-order chi connectivity index (χ0) is 12.5. The summed E-state index contributed by atoms with van der Waals surface area (Å²) in [5.74, 6) is 0. The maximum atomic E-state index is 6.64. The van der Waals surface area contributed by atoms with Gasteiger partial charge in [-0.15, -0.1) is 11.6 Å². The van der Waals surface area contributed by atoms with Crippen LogP contribution in [0, 0.1) is 6.92 Å². The van der Waals surface area contributed by atoms with E-state index in [9.17, 15) is 0 Å². The summed E-state index contributed by atoms with van der Waals surface area (Å²) >= 11 is 6.64. The molecule has 0 N–H and O–H groups in total. The number of hydrogen-bond acceptors (Lipinski definition) is 0. The molecule has 0 bridgehead atoms. The highest BCUT2D eigenvalue weighted by Gasteiger charge is 2.16. The SMILES string of the molecule is Cc1ccccc1C(Cl)c1ccc2c(c1)CCC2. The number of fused-ring (bicyclic) bond motifs is 1. The fourth-order valence-electron chi connectivity index (χ4n) is 2.80. The third kappa shape index (κ3) is 2.06. The highest BCUT2D eigenvalue weighted by atomic mass is 35.5. The Kier molecular flexibility index (Phi) is 3.13. The molecule has 3 rings (SSSR count). The van der Waals surface area contributed by atoms with Crippen molar-refractivity contribution < 1.29 is 0 Å². The van der Waals surface area contributed by atoms with Crippen molar-refractivity contribution in [2.45, 2.75) is 31.6 Å². The van der Waals surface area contributed by atoms with Crippen LogP contribution in [0.4, 0.5) is 0 Å². The molecule has 1 aliphatic rings. The molecule has 0 amide bonds. The average Bonchev–Trinajstić information content (AvgIpc) is 2.85. The zero-order valence-electron chi connectivity index (χ0n) is 10.6. The third-order valence-electron chi connectivity index (χ3n) is 3.88. The summed E-state index contributed by atoms with van der Waals surface area (Å²) in [6.07, 6.45) is 3.73. The molecule has 0 spiro atoms. The van der Waals surface area contributed by atoms with Crippen LogP contribution >= 0.6 is 11.6 Å². The Balaban J connectivity index is 1.98. The Labute approximate surface area is 114 Å². The van der Waals surface area contributed by atoms with E-state index in [-0.39, 0.29) is 5.38 Å². The highest BCUT2D eigenvalue weighted by Crippen LogP contribution is 2.33. The summed E-state index contributed by atoms with van der Waals surface area (Å²) in [5.41, 5.74) is 6.71. The maximum absolute atomic E-state index is 6.64. The number of halogens is 1. The Morgan fingerprint density at radius 3 is 2.61 bits per heavy atom. The minimum Gasteiger partial charge on any atom is -0.113 e. The largest absolute Gasteiger partial charge is 0.113 e. The Bertz CT molecular complexity index is 572. The molecule has 18 heavy (non-hydrogen) atoms. The summed E-state index contributed by atoms with van der Waals surface area (Å²) < 4.78 is 0. The minimum absolute atomic E-state index is 0.0305. The van der Waals surface area contributed by atoms with Crippen LogP contribution in [-0.4, -0.2) is 0 Å². The predicted octanol–water partition coefficient (Wildman–Crippen LogP) is 4.81. The molecule has 1 atom stereocenters. The zero-order valence-corrected chi connectivity index (χ0v) is 11.4. The van der Waals surface area contributed by atoms with Gasteiger partial charge in [0.1, 0.15) is 0 Å². The van der Waals surface area contributed by atoms with Gasteiger partial charge >= 0.3 is 0 Å². The topological polar surface area (TPSA) is 0 Å². The lowest BCUT2D eigenvalue weighted by molar-refractivity contribution is 0.911. The fraction of sp³-hybridized carbons (Fsp3) is 0.294. The molecule has 0 aliphatic heterocycles. The van der Waals surface area contributed by atoms with Gasteiger partial charge in [-0.3, -0.25) is 0 Å². The van der Waals surface area contributed by atoms with Crippen molar-refractivity contribution in [3.05, 3.63) is 70.3 Å². The molecule has 0 aromatic heterocycles. The van der Waals surface area contributed by atoms with E-state index in [0.29, 0.717) is 0 Å². The molecule has 0 saturated heterocycles. The van der Waals surface area contributed by atoms with Gasteiger partial charge in [0.25, 0.3) is 0 Å². The van der Waals surface area contributed by atoms with E-state index < -0.39 is 0 Å².